The van der Waals surface area contributed by atoms with Gasteiger partial charge in [0.15, 0.2) is 23.5 Å². The highest BCUT2D eigenvalue weighted by Crippen LogP contribution is 2.35. The summed E-state index contributed by atoms with van der Waals surface area (Å²) < 4.78 is 34.3. The highest BCUT2D eigenvalue weighted by Gasteiger charge is 2.45. The first-order valence-corrected chi connectivity index (χ1v) is 12.2. The van der Waals surface area contributed by atoms with Gasteiger partial charge in [0.1, 0.15) is 11.6 Å². The molecule has 0 unspecified atom stereocenters. The lowest BCUT2D eigenvalue weighted by molar-refractivity contribution is 0.00487. The van der Waals surface area contributed by atoms with Crippen molar-refractivity contribution in [1.82, 2.24) is 9.47 Å². The summed E-state index contributed by atoms with van der Waals surface area (Å²) in [5.41, 5.74) is -1.17. The number of ether oxygens (including phenoxy) is 1. The van der Waals surface area contributed by atoms with Gasteiger partial charge in [-0.15, -0.1) is 0 Å². The third-order valence-electron chi connectivity index (χ3n) is 7.50. The lowest BCUT2D eigenvalue weighted by Gasteiger charge is -2.36. The van der Waals surface area contributed by atoms with E-state index in [9.17, 15) is 28.3 Å². The van der Waals surface area contributed by atoms with Crippen LogP contribution in [0.2, 0.25) is 0 Å². The molecule has 2 atom stereocenters. The number of rotatable bonds is 6. The number of halogens is 2. The van der Waals surface area contributed by atoms with E-state index in [-0.39, 0.29) is 42.2 Å². The van der Waals surface area contributed by atoms with Crippen molar-refractivity contribution in [2.75, 3.05) is 6.61 Å². The van der Waals surface area contributed by atoms with Crippen LogP contribution in [0, 0.1) is 17.6 Å². The number of aryl methyl sites for hydroxylation is 1. The fourth-order valence-corrected chi connectivity index (χ4v) is 5.66. The summed E-state index contributed by atoms with van der Waals surface area (Å²) >= 11 is 0. The third-order valence-corrected chi connectivity index (χ3v) is 7.50. The fourth-order valence-electron chi connectivity index (χ4n) is 5.66. The van der Waals surface area contributed by atoms with E-state index in [1.165, 1.54) is 36.1 Å². The molecular weight excluding hydrogens is 458 g/mol. The molecule has 1 N–H and O–H groups in total. The number of benzene rings is 1. The predicted molar refractivity (Wildman–Crippen MR) is 122 cm³/mol. The Labute approximate surface area is 201 Å². The van der Waals surface area contributed by atoms with Crippen molar-refractivity contribution in [2.45, 2.75) is 70.2 Å². The molecule has 2 aliphatic heterocycles. The number of Topliss-reactive ketones (excluding diaryl/α,β-unsaturated/α-hetero) is 1. The first-order valence-electron chi connectivity index (χ1n) is 12.2. The summed E-state index contributed by atoms with van der Waals surface area (Å²) in [6.07, 6.45) is 7.26. The molecule has 9 heteroatoms. The van der Waals surface area contributed by atoms with Crippen molar-refractivity contribution < 1.29 is 28.2 Å². The molecule has 35 heavy (non-hydrogen) atoms. The minimum atomic E-state index is -0.920. The number of hydrogen-bond acceptors (Lipinski definition) is 5. The van der Waals surface area contributed by atoms with E-state index in [0.29, 0.717) is 12.5 Å². The van der Waals surface area contributed by atoms with Gasteiger partial charge >= 0.3 is 0 Å². The van der Waals surface area contributed by atoms with Gasteiger partial charge in [0, 0.05) is 18.7 Å². The van der Waals surface area contributed by atoms with Crippen molar-refractivity contribution in [3.05, 3.63) is 63.1 Å². The molecule has 1 saturated carbocycles. The maximum absolute atomic E-state index is 13.9. The summed E-state index contributed by atoms with van der Waals surface area (Å²) in [5.74, 6) is -2.77. The average Bonchev–Trinajstić information content (AvgIpc) is 3.23. The Morgan fingerprint density at radius 1 is 1.14 bits per heavy atom. The van der Waals surface area contributed by atoms with Gasteiger partial charge in [0.25, 0.3) is 5.91 Å². The second kappa shape index (κ2) is 9.53. The van der Waals surface area contributed by atoms with Crippen LogP contribution in [0.3, 0.4) is 0 Å². The van der Waals surface area contributed by atoms with E-state index in [4.69, 9.17) is 4.74 Å². The van der Waals surface area contributed by atoms with E-state index in [1.54, 1.807) is 4.90 Å². The molecule has 1 amide bonds. The number of amides is 1. The van der Waals surface area contributed by atoms with Crippen LogP contribution >= 0.6 is 0 Å². The van der Waals surface area contributed by atoms with Gasteiger partial charge in [-0.3, -0.25) is 14.4 Å². The zero-order valence-electron chi connectivity index (χ0n) is 19.3. The Balaban J connectivity index is 1.36. The molecule has 186 valence electrons. The molecule has 2 aromatic rings. The predicted octanol–water partition coefficient (Wildman–Crippen LogP) is 3.80. The van der Waals surface area contributed by atoms with Gasteiger partial charge in [0.05, 0.1) is 24.8 Å². The molecule has 7 nitrogen and oxygen atoms in total. The van der Waals surface area contributed by atoms with Gasteiger partial charge < -0.3 is 19.3 Å². The van der Waals surface area contributed by atoms with E-state index in [1.807, 2.05) is 0 Å². The first kappa shape index (κ1) is 23.7. The largest absolute Gasteiger partial charge is 0.503 e. The monoisotopic (exact) mass is 486 g/mol. The van der Waals surface area contributed by atoms with E-state index < -0.39 is 40.7 Å². The fraction of sp³-hybridized carbons (Fsp3) is 0.500. The molecule has 0 radical (unpaired) electrons. The summed E-state index contributed by atoms with van der Waals surface area (Å²) in [6.45, 7) is 0.602. The minimum absolute atomic E-state index is 0.0335. The molecule has 5 rings (SSSR count). The standard InChI is InChI=1S/C26H28F2N2O5/c27-17-8-6-16(20(28)11-17)7-9-21(31)19-12-29-13-22-30(26(34)23(29)25(33)24(19)32)18(14-35-22)10-15-4-2-1-3-5-15/h6,8,11-12,15,18,22,33H,1-5,7,9-10,13-14H2/t18-,22+/m0/s1. The van der Waals surface area contributed by atoms with E-state index in [0.717, 1.165) is 31.4 Å². The van der Waals surface area contributed by atoms with Crippen LogP contribution in [-0.4, -0.2) is 45.1 Å². The summed E-state index contributed by atoms with van der Waals surface area (Å²) in [5, 5.41) is 10.7. The van der Waals surface area contributed by atoms with Crippen LogP contribution in [-0.2, 0) is 17.7 Å². The van der Waals surface area contributed by atoms with Crippen molar-refractivity contribution in [3.8, 4) is 5.75 Å². The van der Waals surface area contributed by atoms with Crippen LogP contribution < -0.4 is 5.43 Å². The van der Waals surface area contributed by atoms with Crippen LogP contribution in [0.4, 0.5) is 8.78 Å². The minimum Gasteiger partial charge on any atom is -0.503 e. The van der Waals surface area contributed by atoms with Gasteiger partial charge in [-0.1, -0.05) is 38.2 Å². The number of carbonyl (C=O) groups excluding carboxylic acids is 2. The normalized spacial score (nSPS) is 22.2. The Morgan fingerprint density at radius 2 is 1.91 bits per heavy atom. The molecular formula is C26H28F2N2O5. The number of ketones is 1. The van der Waals surface area contributed by atoms with Gasteiger partial charge in [-0.2, -0.15) is 0 Å². The van der Waals surface area contributed by atoms with Crippen molar-refractivity contribution in [2.24, 2.45) is 5.92 Å². The average molecular weight is 487 g/mol. The van der Waals surface area contributed by atoms with Crippen LogP contribution in [0.5, 0.6) is 5.75 Å². The number of carbonyl (C=O) groups is 2. The van der Waals surface area contributed by atoms with Crippen molar-refractivity contribution in [1.29, 1.82) is 0 Å². The number of fused-ring (bicyclic) bond motifs is 2. The topological polar surface area (TPSA) is 88.8 Å². The van der Waals surface area contributed by atoms with Crippen molar-refractivity contribution in [3.63, 3.8) is 0 Å². The van der Waals surface area contributed by atoms with E-state index >= 15 is 0 Å². The van der Waals surface area contributed by atoms with E-state index in [2.05, 4.69) is 0 Å². The molecule has 1 saturated heterocycles. The number of aromatic hydroxyl groups is 1. The number of hydrogen-bond donors (Lipinski definition) is 1. The molecule has 1 aromatic heterocycles. The molecule has 3 heterocycles. The summed E-state index contributed by atoms with van der Waals surface area (Å²) in [4.78, 5) is 40.6. The molecule has 0 spiro atoms. The molecule has 3 aliphatic rings. The lowest BCUT2D eigenvalue weighted by atomic mass is 9.84. The number of pyridine rings is 1. The zero-order valence-corrected chi connectivity index (χ0v) is 19.3. The van der Waals surface area contributed by atoms with Gasteiger partial charge in [-0.05, 0) is 30.4 Å². The third kappa shape index (κ3) is 4.49. The highest BCUT2D eigenvalue weighted by atomic mass is 19.1. The molecule has 2 fully saturated rings. The van der Waals surface area contributed by atoms with Crippen LogP contribution in [0.15, 0.2) is 29.2 Å². The molecule has 1 aliphatic carbocycles. The summed E-state index contributed by atoms with van der Waals surface area (Å²) in [6, 6.07) is 2.98. The van der Waals surface area contributed by atoms with Gasteiger partial charge in [-0.25, -0.2) is 8.78 Å². The summed E-state index contributed by atoms with van der Waals surface area (Å²) in [7, 11) is 0. The maximum Gasteiger partial charge on any atom is 0.276 e. The first-order chi connectivity index (χ1) is 16.8. The number of aromatic nitrogens is 1. The smallest absolute Gasteiger partial charge is 0.276 e. The molecule has 0 bridgehead atoms. The Kier molecular flexibility index (Phi) is 6.44. The SMILES string of the molecule is O=C(CCc1ccc(F)cc1F)c1cn2c(c(O)c1=O)C(=O)N1[C@@H](CC3CCCCC3)CO[C@@H]1C2. The second-order valence-corrected chi connectivity index (χ2v) is 9.77. The second-order valence-electron chi connectivity index (χ2n) is 9.77. The Bertz CT molecular complexity index is 1220. The Hall–Kier alpha value is -3.07. The highest BCUT2D eigenvalue weighted by molar-refractivity contribution is 6.00. The van der Waals surface area contributed by atoms with Gasteiger partial charge in [0.2, 0.25) is 5.43 Å². The van der Waals surface area contributed by atoms with Crippen LogP contribution in [0.1, 0.15) is 71.4 Å². The van der Waals surface area contributed by atoms with Crippen molar-refractivity contribution >= 4 is 11.7 Å². The maximum atomic E-state index is 13.9. The zero-order chi connectivity index (χ0) is 24.7. The quantitative estimate of drug-likeness (QED) is 0.628. The number of nitrogens with zero attached hydrogens (tertiary/aromatic N) is 2. The Morgan fingerprint density at radius 3 is 2.66 bits per heavy atom. The van der Waals surface area contributed by atoms with Crippen LogP contribution in [0.25, 0.3) is 0 Å². The molecule has 1 aromatic carbocycles. The lowest BCUT2D eigenvalue weighted by Crippen LogP contribution is -2.50.